The summed E-state index contributed by atoms with van der Waals surface area (Å²) in [5, 5.41) is 7.57. The maximum atomic E-state index is 12.2. The van der Waals surface area contributed by atoms with Crippen LogP contribution in [0.25, 0.3) is 0 Å². The number of esters is 1. The second kappa shape index (κ2) is 7.37. The Labute approximate surface area is 156 Å². The van der Waals surface area contributed by atoms with Crippen LogP contribution < -0.4 is 15.2 Å². The highest BCUT2D eigenvalue weighted by molar-refractivity contribution is 7.89. The van der Waals surface area contributed by atoms with Gasteiger partial charge in [-0.05, 0) is 55.0 Å². The molecule has 1 unspecified atom stereocenters. The quantitative estimate of drug-likeness (QED) is 0.745. The predicted molar refractivity (Wildman–Crippen MR) is 97.0 cm³/mol. The average molecular weight is 390 g/mol. The summed E-state index contributed by atoms with van der Waals surface area (Å²) in [6.45, 7) is 2.03. The molecule has 2 aromatic carbocycles. The van der Waals surface area contributed by atoms with Crippen LogP contribution in [0.2, 0.25) is 0 Å². The molecule has 1 amide bonds. The van der Waals surface area contributed by atoms with E-state index in [0.29, 0.717) is 17.9 Å². The Kier molecular flexibility index (Phi) is 5.15. The van der Waals surface area contributed by atoms with Crippen molar-refractivity contribution in [1.82, 2.24) is 0 Å². The van der Waals surface area contributed by atoms with E-state index >= 15 is 0 Å². The van der Waals surface area contributed by atoms with Crippen LogP contribution >= 0.6 is 0 Å². The summed E-state index contributed by atoms with van der Waals surface area (Å²) in [5.41, 5.74) is 1.62. The van der Waals surface area contributed by atoms with Gasteiger partial charge < -0.3 is 14.8 Å². The smallest absolute Gasteiger partial charge is 0.338 e. The van der Waals surface area contributed by atoms with Crippen molar-refractivity contribution in [3.63, 3.8) is 0 Å². The molecule has 0 radical (unpaired) electrons. The summed E-state index contributed by atoms with van der Waals surface area (Å²) < 4.78 is 33.0. The Morgan fingerprint density at radius 1 is 1.19 bits per heavy atom. The molecular formula is C18H18N2O6S. The second-order valence-electron chi connectivity index (χ2n) is 6.03. The molecule has 0 aromatic heterocycles. The van der Waals surface area contributed by atoms with Crippen molar-refractivity contribution in [2.45, 2.75) is 24.3 Å². The fraction of sp³-hybridized carbons (Fsp3) is 0.222. The number of carbonyl (C=O) groups excluding carboxylic acids is 2. The summed E-state index contributed by atoms with van der Waals surface area (Å²) in [6, 6.07) is 10.3. The monoisotopic (exact) mass is 390 g/mol. The van der Waals surface area contributed by atoms with Crippen LogP contribution in [0.4, 0.5) is 5.69 Å². The zero-order valence-electron chi connectivity index (χ0n) is 14.5. The molecule has 1 atom stereocenters. The lowest BCUT2D eigenvalue weighted by Crippen LogP contribution is -2.30. The van der Waals surface area contributed by atoms with Crippen molar-refractivity contribution in [3.8, 4) is 5.75 Å². The van der Waals surface area contributed by atoms with Crippen molar-refractivity contribution < 1.29 is 27.5 Å². The fourth-order valence-electron chi connectivity index (χ4n) is 2.57. The second-order valence-corrected chi connectivity index (χ2v) is 7.59. The molecule has 3 rings (SSSR count). The number of carbonyl (C=O) groups is 2. The number of fused-ring (bicyclic) bond motifs is 1. The SMILES string of the molecule is CC(OC(=O)c1ccc2c(c1)CCO2)C(=O)Nc1ccc(S(N)(=O)=O)cc1. The average Bonchev–Trinajstić information content (AvgIpc) is 3.09. The Morgan fingerprint density at radius 2 is 1.89 bits per heavy atom. The van der Waals surface area contributed by atoms with Crippen LogP contribution in [0.5, 0.6) is 5.75 Å². The maximum absolute atomic E-state index is 12.2. The van der Waals surface area contributed by atoms with Gasteiger partial charge in [-0.1, -0.05) is 0 Å². The van der Waals surface area contributed by atoms with Gasteiger partial charge in [0.25, 0.3) is 5.91 Å². The molecule has 0 bridgehead atoms. The molecule has 1 aliphatic rings. The first-order valence-electron chi connectivity index (χ1n) is 8.14. The molecule has 8 nitrogen and oxygen atoms in total. The van der Waals surface area contributed by atoms with Crippen molar-refractivity contribution >= 4 is 27.6 Å². The number of nitrogens with two attached hydrogens (primary N) is 1. The van der Waals surface area contributed by atoms with E-state index in [2.05, 4.69) is 5.32 Å². The van der Waals surface area contributed by atoms with E-state index in [9.17, 15) is 18.0 Å². The van der Waals surface area contributed by atoms with Crippen LogP contribution in [0.15, 0.2) is 47.4 Å². The number of hydrogen-bond acceptors (Lipinski definition) is 6. The van der Waals surface area contributed by atoms with E-state index in [-0.39, 0.29) is 4.90 Å². The molecule has 1 heterocycles. The van der Waals surface area contributed by atoms with Gasteiger partial charge in [-0.3, -0.25) is 4.79 Å². The fourth-order valence-corrected chi connectivity index (χ4v) is 3.08. The van der Waals surface area contributed by atoms with E-state index in [0.717, 1.165) is 17.7 Å². The number of benzene rings is 2. The summed E-state index contributed by atoms with van der Waals surface area (Å²) in [7, 11) is -3.81. The molecule has 0 spiro atoms. The van der Waals surface area contributed by atoms with Crippen LogP contribution in [-0.2, 0) is 26.0 Å². The maximum Gasteiger partial charge on any atom is 0.338 e. The zero-order valence-corrected chi connectivity index (χ0v) is 15.3. The van der Waals surface area contributed by atoms with Gasteiger partial charge in [0.2, 0.25) is 10.0 Å². The summed E-state index contributed by atoms with van der Waals surface area (Å²) in [5.74, 6) is -0.409. The molecule has 1 aliphatic heterocycles. The Balaban J connectivity index is 1.61. The third kappa shape index (κ3) is 4.44. The van der Waals surface area contributed by atoms with Gasteiger partial charge in [0.05, 0.1) is 17.1 Å². The lowest BCUT2D eigenvalue weighted by Gasteiger charge is -2.14. The zero-order chi connectivity index (χ0) is 19.6. The summed E-state index contributed by atoms with van der Waals surface area (Å²) in [4.78, 5) is 24.4. The lowest BCUT2D eigenvalue weighted by atomic mass is 10.1. The van der Waals surface area contributed by atoms with Gasteiger partial charge in [-0.25, -0.2) is 18.4 Å². The van der Waals surface area contributed by atoms with E-state index in [1.54, 1.807) is 18.2 Å². The molecule has 142 valence electrons. The van der Waals surface area contributed by atoms with Gasteiger partial charge in [-0.2, -0.15) is 0 Å². The minimum Gasteiger partial charge on any atom is -0.493 e. The van der Waals surface area contributed by atoms with E-state index in [4.69, 9.17) is 14.6 Å². The standard InChI is InChI=1S/C18H18N2O6S/c1-11(17(21)20-14-3-5-15(6-4-14)27(19,23)24)26-18(22)13-2-7-16-12(10-13)8-9-25-16/h2-7,10-11H,8-9H2,1H3,(H,20,21)(H2,19,23,24). The van der Waals surface area contributed by atoms with Gasteiger partial charge in [0.15, 0.2) is 6.10 Å². The van der Waals surface area contributed by atoms with Crippen LogP contribution in [-0.4, -0.2) is 33.0 Å². The molecule has 0 aliphatic carbocycles. The van der Waals surface area contributed by atoms with Crippen molar-refractivity contribution in [1.29, 1.82) is 0 Å². The molecule has 0 saturated heterocycles. The van der Waals surface area contributed by atoms with Gasteiger partial charge in [-0.15, -0.1) is 0 Å². The topological polar surface area (TPSA) is 125 Å². The molecule has 27 heavy (non-hydrogen) atoms. The molecule has 0 fully saturated rings. The first-order valence-corrected chi connectivity index (χ1v) is 9.69. The molecule has 0 saturated carbocycles. The first-order chi connectivity index (χ1) is 12.7. The molecular weight excluding hydrogens is 372 g/mol. The third-order valence-corrected chi connectivity index (χ3v) is 4.96. The van der Waals surface area contributed by atoms with Crippen molar-refractivity contribution in [2.24, 2.45) is 5.14 Å². The summed E-state index contributed by atoms with van der Waals surface area (Å²) >= 11 is 0. The number of hydrogen-bond donors (Lipinski definition) is 2. The number of amides is 1. The Bertz CT molecular complexity index is 985. The van der Waals surface area contributed by atoms with Gasteiger partial charge in [0, 0.05) is 12.1 Å². The number of ether oxygens (including phenoxy) is 2. The first kappa shape index (κ1) is 18.9. The minimum absolute atomic E-state index is 0.0689. The van der Waals surface area contributed by atoms with Crippen LogP contribution in [0.1, 0.15) is 22.8 Å². The van der Waals surface area contributed by atoms with Gasteiger partial charge in [0.1, 0.15) is 5.75 Å². The highest BCUT2D eigenvalue weighted by Gasteiger charge is 2.21. The van der Waals surface area contributed by atoms with Crippen LogP contribution in [0, 0.1) is 0 Å². The molecule has 9 heteroatoms. The van der Waals surface area contributed by atoms with Crippen molar-refractivity contribution in [2.75, 3.05) is 11.9 Å². The van der Waals surface area contributed by atoms with Crippen molar-refractivity contribution in [3.05, 3.63) is 53.6 Å². The number of sulfonamides is 1. The molecule has 2 aromatic rings. The van der Waals surface area contributed by atoms with Gasteiger partial charge >= 0.3 is 5.97 Å². The largest absolute Gasteiger partial charge is 0.493 e. The van der Waals surface area contributed by atoms with E-state index < -0.39 is 28.0 Å². The van der Waals surface area contributed by atoms with Crippen LogP contribution in [0.3, 0.4) is 0 Å². The number of rotatable bonds is 5. The Morgan fingerprint density at radius 3 is 2.56 bits per heavy atom. The predicted octanol–water partition coefficient (Wildman–Crippen LogP) is 1.45. The molecule has 3 N–H and O–H groups in total. The third-order valence-electron chi connectivity index (χ3n) is 4.03. The highest BCUT2D eigenvalue weighted by atomic mass is 32.2. The Hall–Kier alpha value is -2.91. The normalized spacial score (nSPS) is 14.0. The number of primary sulfonamides is 1. The number of nitrogens with one attached hydrogen (secondary N) is 1. The number of anilines is 1. The summed E-state index contributed by atoms with van der Waals surface area (Å²) in [6.07, 6.45) is -0.319. The van der Waals surface area contributed by atoms with E-state index in [1.165, 1.54) is 31.2 Å². The van der Waals surface area contributed by atoms with E-state index in [1.807, 2.05) is 0 Å². The highest BCUT2D eigenvalue weighted by Crippen LogP contribution is 2.26. The lowest BCUT2D eigenvalue weighted by molar-refractivity contribution is -0.123. The minimum atomic E-state index is -3.81.